The van der Waals surface area contributed by atoms with Crippen molar-refractivity contribution in [2.24, 2.45) is 0 Å². The number of carbonyl (C=O) groups excluding carboxylic acids is 1. The van der Waals surface area contributed by atoms with E-state index in [4.69, 9.17) is 10.7 Å². The van der Waals surface area contributed by atoms with Crippen molar-refractivity contribution >= 4 is 38.8 Å². The quantitative estimate of drug-likeness (QED) is 0.501. The Bertz CT molecular complexity index is 1150. The van der Waals surface area contributed by atoms with Gasteiger partial charge in [-0.1, -0.05) is 25.5 Å². The van der Waals surface area contributed by atoms with E-state index in [1.807, 2.05) is 0 Å². The molecule has 0 atom stereocenters. The molecule has 6 heteroatoms. The third-order valence-electron chi connectivity index (χ3n) is 7.08. The molecule has 1 amide bonds. The Morgan fingerprint density at radius 1 is 1.06 bits per heavy atom. The average molecular weight is 463 g/mol. The van der Waals surface area contributed by atoms with Gasteiger partial charge in [-0.2, -0.15) is 0 Å². The lowest BCUT2D eigenvalue weighted by molar-refractivity contribution is 0.0959. The molecule has 5 nitrogen and oxygen atoms in total. The summed E-state index contributed by atoms with van der Waals surface area (Å²) in [5.41, 5.74) is 13.6. The zero-order chi connectivity index (χ0) is 22.8. The molecule has 3 N–H and O–H groups in total. The van der Waals surface area contributed by atoms with Crippen LogP contribution in [0.1, 0.15) is 71.1 Å². The summed E-state index contributed by atoms with van der Waals surface area (Å²) in [5, 5.41) is 4.12. The summed E-state index contributed by atoms with van der Waals surface area (Å²) in [6.45, 7) is 5.10. The van der Waals surface area contributed by atoms with Crippen molar-refractivity contribution in [3.8, 4) is 0 Å². The summed E-state index contributed by atoms with van der Waals surface area (Å²) in [6, 6.07) is 8.80. The molecule has 0 unspecified atom stereocenters. The van der Waals surface area contributed by atoms with E-state index in [0.29, 0.717) is 17.1 Å². The van der Waals surface area contributed by atoms with Crippen LogP contribution in [0.4, 0.5) is 11.4 Å². The molecule has 3 aromatic rings. The molecular weight excluding hydrogens is 428 g/mol. The van der Waals surface area contributed by atoms with Gasteiger partial charge in [-0.3, -0.25) is 4.79 Å². The number of fused-ring (bicyclic) bond motifs is 3. The fourth-order valence-electron chi connectivity index (χ4n) is 5.37. The summed E-state index contributed by atoms with van der Waals surface area (Å²) >= 11 is 1.45. The predicted octanol–water partition coefficient (Wildman–Crippen LogP) is 5.28. The average Bonchev–Trinajstić information content (AvgIpc) is 3.45. The van der Waals surface area contributed by atoms with Gasteiger partial charge in [0.1, 0.15) is 9.71 Å². The Morgan fingerprint density at radius 2 is 1.82 bits per heavy atom. The molecule has 33 heavy (non-hydrogen) atoms. The first kappa shape index (κ1) is 22.2. The third kappa shape index (κ3) is 4.45. The van der Waals surface area contributed by atoms with Crippen molar-refractivity contribution in [3.05, 3.63) is 51.5 Å². The molecule has 0 radical (unpaired) electrons. The minimum atomic E-state index is -0.0794. The van der Waals surface area contributed by atoms with Gasteiger partial charge in [-0.15, -0.1) is 11.3 Å². The van der Waals surface area contributed by atoms with E-state index in [0.717, 1.165) is 61.8 Å². The number of hydrogen-bond donors (Lipinski definition) is 2. The van der Waals surface area contributed by atoms with Gasteiger partial charge >= 0.3 is 0 Å². The monoisotopic (exact) mass is 462 g/mol. The van der Waals surface area contributed by atoms with Crippen molar-refractivity contribution in [1.82, 2.24) is 10.3 Å². The second-order valence-electron chi connectivity index (χ2n) is 9.36. The van der Waals surface area contributed by atoms with Crippen molar-refractivity contribution < 1.29 is 4.79 Å². The number of nitrogen functional groups attached to an aromatic ring is 1. The van der Waals surface area contributed by atoms with Gasteiger partial charge in [-0.25, -0.2) is 4.98 Å². The summed E-state index contributed by atoms with van der Waals surface area (Å²) < 4.78 is 0. The van der Waals surface area contributed by atoms with Crippen LogP contribution >= 0.6 is 11.3 Å². The van der Waals surface area contributed by atoms with Gasteiger partial charge in [0.2, 0.25) is 0 Å². The minimum absolute atomic E-state index is 0.0794. The highest BCUT2D eigenvalue weighted by molar-refractivity contribution is 7.21. The van der Waals surface area contributed by atoms with E-state index in [2.05, 4.69) is 41.4 Å². The largest absolute Gasteiger partial charge is 0.397 e. The van der Waals surface area contributed by atoms with Gasteiger partial charge in [0.05, 0.1) is 5.69 Å². The number of amides is 1. The molecule has 1 saturated heterocycles. The van der Waals surface area contributed by atoms with Crippen molar-refractivity contribution in [2.75, 3.05) is 30.3 Å². The lowest BCUT2D eigenvalue weighted by atomic mass is 10.0. The SMILES string of the molecule is CCCc1nc2sc(C(=O)NCCc3ccc(N4CCCCC4)cc3)c(N)c2c2c1CCC2. The van der Waals surface area contributed by atoms with E-state index in [1.165, 1.54) is 58.7 Å². The molecule has 5 rings (SSSR count). The van der Waals surface area contributed by atoms with Gasteiger partial charge < -0.3 is 16.0 Å². The molecule has 0 spiro atoms. The summed E-state index contributed by atoms with van der Waals surface area (Å²) in [4.78, 5) is 21.9. The van der Waals surface area contributed by atoms with Crippen LogP contribution in [0.15, 0.2) is 24.3 Å². The molecule has 174 valence electrons. The third-order valence-corrected chi connectivity index (χ3v) is 8.18. The summed E-state index contributed by atoms with van der Waals surface area (Å²) in [6.07, 6.45) is 10.1. The van der Waals surface area contributed by atoms with Crippen LogP contribution in [-0.4, -0.2) is 30.5 Å². The number of nitrogens with zero attached hydrogens (tertiary/aromatic N) is 2. The van der Waals surface area contributed by atoms with Crippen molar-refractivity contribution in [1.29, 1.82) is 0 Å². The Balaban J connectivity index is 1.25. The first-order valence-corrected chi connectivity index (χ1v) is 13.3. The first-order chi connectivity index (χ1) is 16.2. The highest BCUT2D eigenvalue weighted by Crippen LogP contribution is 2.40. The second kappa shape index (κ2) is 9.72. The van der Waals surface area contributed by atoms with Crippen LogP contribution in [0.3, 0.4) is 0 Å². The van der Waals surface area contributed by atoms with Crippen molar-refractivity contribution in [3.63, 3.8) is 0 Å². The zero-order valence-electron chi connectivity index (χ0n) is 19.6. The maximum atomic E-state index is 13.0. The number of carbonyl (C=O) groups is 1. The number of rotatable bonds is 7. The smallest absolute Gasteiger partial charge is 0.263 e. The Morgan fingerprint density at radius 3 is 2.58 bits per heavy atom. The van der Waals surface area contributed by atoms with E-state index in [-0.39, 0.29) is 5.91 Å². The Kier molecular flexibility index (Phi) is 6.54. The number of aryl methyl sites for hydroxylation is 2. The Labute approximate surface area is 200 Å². The number of nitrogens with one attached hydrogen (secondary N) is 1. The number of hydrogen-bond acceptors (Lipinski definition) is 5. The number of anilines is 2. The van der Waals surface area contributed by atoms with Gasteiger partial charge in [0.15, 0.2) is 0 Å². The van der Waals surface area contributed by atoms with Crippen LogP contribution in [-0.2, 0) is 25.7 Å². The molecule has 2 aromatic heterocycles. The molecule has 0 saturated carbocycles. The van der Waals surface area contributed by atoms with Gasteiger partial charge in [-0.05, 0) is 80.2 Å². The fraction of sp³-hybridized carbons (Fsp3) is 0.481. The number of benzene rings is 1. The maximum Gasteiger partial charge on any atom is 0.263 e. The van der Waals surface area contributed by atoms with Crippen molar-refractivity contribution in [2.45, 2.75) is 64.7 Å². The molecule has 1 aliphatic heterocycles. The number of pyridine rings is 1. The number of piperidine rings is 1. The van der Waals surface area contributed by atoms with Crippen LogP contribution in [0.5, 0.6) is 0 Å². The minimum Gasteiger partial charge on any atom is -0.397 e. The van der Waals surface area contributed by atoms with Crippen LogP contribution in [0.25, 0.3) is 10.2 Å². The lowest BCUT2D eigenvalue weighted by Crippen LogP contribution is -2.29. The fourth-order valence-corrected chi connectivity index (χ4v) is 6.43. The van der Waals surface area contributed by atoms with Gasteiger partial charge in [0.25, 0.3) is 5.91 Å². The number of thiophene rings is 1. The first-order valence-electron chi connectivity index (χ1n) is 12.5. The molecule has 2 aliphatic rings. The molecule has 1 aromatic carbocycles. The van der Waals surface area contributed by atoms with Crippen LogP contribution < -0.4 is 16.0 Å². The Hall–Kier alpha value is -2.60. The maximum absolute atomic E-state index is 13.0. The van der Waals surface area contributed by atoms with E-state index < -0.39 is 0 Å². The number of nitrogens with two attached hydrogens (primary N) is 1. The molecule has 3 heterocycles. The standard InChI is InChI=1S/C27H34N4OS/c1-2-7-22-20-8-6-9-21(20)23-24(28)25(33-27(23)30-22)26(32)29-15-14-18-10-12-19(13-11-18)31-16-4-3-5-17-31/h10-13H,2-9,14-17,28H2,1H3,(H,29,32). The van der Waals surface area contributed by atoms with E-state index >= 15 is 0 Å². The van der Waals surface area contributed by atoms with E-state index in [1.54, 1.807) is 0 Å². The van der Waals surface area contributed by atoms with Crippen LogP contribution in [0.2, 0.25) is 0 Å². The summed E-state index contributed by atoms with van der Waals surface area (Å²) in [7, 11) is 0. The predicted molar refractivity (Wildman–Crippen MR) is 139 cm³/mol. The summed E-state index contributed by atoms with van der Waals surface area (Å²) in [5.74, 6) is -0.0794. The molecule has 1 aliphatic carbocycles. The molecular formula is C27H34N4OS. The van der Waals surface area contributed by atoms with Gasteiger partial charge in [0, 0.05) is 36.4 Å². The van der Waals surface area contributed by atoms with E-state index in [9.17, 15) is 4.79 Å². The highest BCUT2D eigenvalue weighted by atomic mass is 32.1. The molecule has 1 fully saturated rings. The lowest BCUT2D eigenvalue weighted by Gasteiger charge is -2.28. The molecule has 0 bridgehead atoms. The zero-order valence-corrected chi connectivity index (χ0v) is 20.4. The van der Waals surface area contributed by atoms with Crippen LogP contribution in [0, 0.1) is 0 Å². The normalized spacial score (nSPS) is 15.7. The topological polar surface area (TPSA) is 71.2 Å². The second-order valence-corrected chi connectivity index (χ2v) is 10.4. The highest BCUT2D eigenvalue weighted by Gasteiger charge is 2.25. The number of aromatic nitrogens is 1.